The van der Waals surface area contributed by atoms with Crippen LogP contribution in [0.1, 0.15) is 56.3 Å². The van der Waals surface area contributed by atoms with Gasteiger partial charge in [-0.15, -0.1) is 9.78 Å². The second-order valence-electron chi connectivity index (χ2n) is 12.3. The summed E-state index contributed by atoms with van der Waals surface area (Å²) in [5.41, 5.74) is 1.14. The van der Waals surface area contributed by atoms with Gasteiger partial charge in [-0.05, 0) is 82.7 Å². The van der Waals surface area contributed by atoms with Crippen LogP contribution in [0.15, 0.2) is 58.1 Å². The Bertz CT molecular complexity index is 1880. The molecule has 4 N–H and O–H groups in total. The Kier molecular flexibility index (Phi) is 14.3. The van der Waals surface area contributed by atoms with E-state index in [1.54, 1.807) is 57.2 Å². The number of aromatic amines is 1. The molecule has 0 aliphatic heterocycles. The monoisotopic (exact) mass is 798 g/mol. The molecule has 52 heavy (non-hydrogen) atoms. The molecule has 2 aromatic carbocycles. The molecule has 0 saturated carbocycles. The standard InChI is InChI=1S/C31H38BrFN8O4.C2HF3O2/c1-7-19-15-22(25(33)24(16-19)44-14-13-40(5)6)26(27-38-29(42)41(39-27)28-34-11-8-12-35-28)37-21-9-10-23(32)20(17-21)18-36-30(43)45-31(2,3)4;3-2(4,5)1(6)7/h8-12,15-17,26,37H,7,13-14,18H2,1-6H3,(H,36,43)(H,38,39,42);(H,6,7). The van der Waals surface area contributed by atoms with Gasteiger partial charge >= 0.3 is 23.9 Å². The van der Waals surface area contributed by atoms with Crippen molar-refractivity contribution >= 4 is 33.7 Å². The highest BCUT2D eigenvalue weighted by molar-refractivity contribution is 9.10. The third kappa shape index (κ3) is 12.3. The molecular weight excluding hydrogens is 760 g/mol. The number of hydrogen-bond acceptors (Lipinski definition) is 10. The summed E-state index contributed by atoms with van der Waals surface area (Å²) in [6.07, 6.45) is -2.03. The van der Waals surface area contributed by atoms with Crippen molar-refractivity contribution in [3.05, 3.63) is 92.1 Å². The molecule has 4 rings (SSSR count). The Balaban J connectivity index is 0.000000944. The van der Waals surface area contributed by atoms with Crippen LogP contribution in [0.5, 0.6) is 5.75 Å². The van der Waals surface area contributed by atoms with Gasteiger partial charge < -0.3 is 30.1 Å². The van der Waals surface area contributed by atoms with Crippen LogP contribution in [0.3, 0.4) is 0 Å². The number of rotatable bonds is 12. The minimum absolute atomic E-state index is 0.0679. The number of nitrogens with one attached hydrogen (secondary N) is 3. The molecule has 2 heterocycles. The third-order valence-electron chi connectivity index (χ3n) is 6.71. The Morgan fingerprint density at radius 1 is 1.12 bits per heavy atom. The Labute approximate surface area is 304 Å². The van der Waals surface area contributed by atoms with Crippen LogP contribution in [-0.4, -0.2) is 85.8 Å². The lowest BCUT2D eigenvalue weighted by atomic mass is 10.00. The van der Waals surface area contributed by atoms with Crippen LogP contribution in [-0.2, 0) is 22.5 Å². The number of hydrogen-bond donors (Lipinski definition) is 4. The molecule has 0 aliphatic carbocycles. The SMILES string of the molecule is CCc1cc(OCCN(C)C)c(F)c(C(Nc2ccc(Br)c(CNC(=O)OC(C)(C)C)c2)c2nn(-c3ncccn3)c(=O)[nH]2)c1.O=C(O)C(F)(F)F. The zero-order valence-corrected chi connectivity index (χ0v) is 30.7. The van der Waals surface area contributed by atoms with Crippen LogP contribution in [0.4, 0.5) is 28.0 Å². The summed E-state index contributed by atoms with van der Waals surface area (Å²) in [6, 6.07) is 9.48. The summed E-state index contributed by atoms with van der Waals surface area (Å²) >= 11 is 3.53. The molecule has 1 atom stereocenters. The van der Waals surface area contributed by atoms with Crippen LogP contribution < -0.4 is 21.1 Å². The van der Waals surface area contributed by atoms with E-state index >= 15 is 4.39 Å². The molecule has 0 aliphatic rings. The average Bonchev–Trinajstić information content (AvgIpc) is 3.45. The highest BCUT2D eigenvalue weighted by Crippen LogP contribution is 2.33. The number of likely N-dealkylation sites (N-methyl/N-ethyl adjacent to an activating group) is 1. The molecule has 19 heteroatoms. The van der Waals surface area contributed by atoms with Gasteiger partial charge in [-0.3, -0.25) is 4.98 Å². The van der Waals surface area contributed by atoms with Crippen molar-refractivity contribution in [3.63, 3.8) is 0 Å². The number of H-pyrrole nitrogens is 1. The van der Waals surface area contributed by atoms with Crippen molar-refractivity contribution < 1.29 is 41.7 Å². The van der Waals surface area contributed by atoms with E-state index in [2.05, 4.69) is 46.6 Å². The van der Waals surface area contributed by atoms with Gasteiger partial charge in [0.25, 0.3) is 5.95 Å². The van der Waals surface area contributed by atoms with Gasteiger partial charge in [-0.25, -0.2) is 28.7 Å². The van der Waals surface area contributed by atoms with E-state index in [4.69, 9.17) is 19.4 Å². The van der Waals surface area contributed by atoms with Crippen molar-refractivity contribution in [2.24, 2.45) is 0 Å². The maximum absolute atomic E-state index is 16.3. The van der Waals surface area contributed by atoms with Crippen molar-refractivity contribution in [2.45, 2.75) is 58.5 Å². The predicted octanol–water partition coefficient (Wildman–Crippen LogP) is 5.61. The normalized spacial score (nSPS) is 12.1. The van der Waals surface area contributed by atoms with Crippen LogP contribution in [0, 0.1) is 5.82 Å². The largest absolute Gasteiger partial charge is 0.490 e. The highest BCUT2D eigenvalue weighted by atomic mass is 79.9. The number of alkyl halides is 3. The van der Waals surface area contributed by atoms with E-state index in [1.165, 1.54) is 12.4 Å². The fourth-order valence-corrected chi connectivity index (χ4v) is 4.67. The zero-order chi connectivity index (χ0) is 38.8. The molecule has 0 spiro atoms. The van der Waals surface area contributed by atoms with Gasteiger partial charge in [0.2, 0.25) is 0 Å². The molecule has 14 nitrogen and oxygen atoms in total. The number of amides is 1. The number of anilines is 1. The minimum atomic E-state index is -5.08. The fourth-order valence-electron chi connectivity index (χ4n) is 4.28. The number of aromatic nitrogens is 5. The Morgan fingerprint density at radius 2 is 1.77 bits per heavy atom. The van der Waals surface area contributed by atoms with Gasteiger partial charge in [-0.2, -0.15) is 13.2 Å². The third-order valence-corrected chi connectivity index (χ3v) is 7.49. The quantitative estimate of drug-likeness (QED) is 0.131. The van der Waals surface area contributed by atoms with E-state index in [0.29, 0.717) is 18.7 Å². The van der Waals surface area contributed by atoms with Crippen molar-refractivity contribution in [3.8, 4) is 11.7 Å². The number of halogens is 5. The first-order valence-electron chi connectivity index (χ1n) is 15.7. The molecule has 1 amide bonds. The van der Waals surface area contributed by atoms with Crippen LogP contribution in [0.2, 0.25) is 0 Å². The molecule has 0 saturated heterocycles. The number of alkyl carbamates (subject to hydrolysis) is 1. The van der Waals surface area contributed by atoms with Gasteiger partial charge in [0.05, 0.1) is 0 Å². The number of carbonyl (C=O) groups excluding carboxylic acids is 1. The van der Waals surface area contributed by atoms with Gasteiger partial charge in [0.15, 0.2) is 17.4 Å². The maximum atomic E-state index is 16.3. The van der Waals surface area contributed by atoms with Crippen molar-refractivity contribution in [2.75, 3.05) is 32.6 Å². The van der Waals surface area contributed by atoms with Crippen molar-refractivity contribution in [1.29, 1.82) is 0 Å². The molecule has 282 valence electrons. The smallest absolute Gasteiger partial charge is 0.489 e. The summed E-state index contributed by atoms with van der Waals surface area (Å²) in [6.45, 7) is 8.37. The number of nitrogens with zero attached hydrogens (tertiary/aromatic N) is 5. The summed E-state index contributed by atoms with van der Waals surface area (Å²) in [7, 11) is 3.82. The van der Waals surface area contributed by atoms with E-state index in [-0.39, 0.29) is 36.2 Å². The summed E-state index contributed by atoms with van der Waals surface area (Å²) in [4.78, 5) is 47.1. The number of benzene rings is 2. The van der Waals surface area contributed by atoms with E-state index in [9.17, 15) is 22.8 Å². The summed E-state index contributed by atoms with van der Waals surface area (Å²) in [5.74, 6) is -3.04. The van der Waals surface area contributed by atoms with Gasteiger partial charge in [-0.1, -0.05) is 28.9 Å². The number of aliphatic carboxylic acids is 1. The average molecular weight is 800 g/mol. The van der Waals surface area contributed by atoms with E-state index in [1.807, 2.05) is 25.9 Å². The summed E-state index contributed by atoms with van der Waals surface area (Å²) in [5, 5.41) is 17.7. The highest BCUT2D eigenvalue weighted by Gasteiger charge is 2.38. The number of ether oxygens (including phenoxy) is 2. The zero-order valence-electron chi connectivity index (χ0n) is 29.1. The lowest BCUT2D eigenvalue weighted by Gasteiger charge is -2.22. The maximum Gasteiger partial charge on any atom is 0.490 e. The van der Waals surface area contributed by atoms with E-state index in [0.717, 1.165) is 20.3 Å². The number of aryl methyl sites for hydroxylation is 1. The second-order valence-corrected chi connectivity index (χ2v) is 13.2. The first-order valence-corrected chi connectivity index (χ1v) is 16.5. The Hall–Kier alpha value is -5.04. The molecular formula is C33H39BrF4N8O6. The second kappa shape index (κ2) is 17.9. The van der Waals surface area contributed by atoms with Gasteiger partial charge in [0.1, 0.15) is 18.2 Å². The molecule has 1 unspecified atom stereocenters. The van der Waals surface area contributed by atoms with Crippen LogP contribution in [0.25, 0.3) is 5.95 Å². The number of carboxylic acids is 1. The molecule has 0 fully saturated rings. The number of carbonyl (C=O) groups is 2. The molecule has 2 aromatic heterocycles. The molecule has 0 bridgehead atoms. The predicted molar refractivity (Wildman–Crippen MR) is 186 cm³/mol. The number of carboxylic acid groups (broad SMARTS) is 1. The lowest BCUT2D eigenvalue weighted by molar-refractivity contribution is -0.192. The van der Waals surface area contributed by atoms with E-state index < -0.39 is 41.4 Å². The molecule has 4 aromatic rings. The summed E-state index contributed by atoms with van der Waals surface area (Å²) < 4.78 is 61.0. The Morgan fingerprint density at radius 3 is 2.35 bits per heavy atom. The first-order chi connectivity index (χ1) is 24.3. The minimum Gasteiger partial charge on any atom is -0.489 e. The van der Waals surface area contributed by atoms with Crippen molar-refractivity contribution in [1.82, 2.24) is 34.9 Å². The van der Waals surface area contributed by atoms with Crippen LogP contribution >= 0.6 is 15.9 Å². The first kappa shape index (κ1) is 41.4. The molecule has 0 radical (unpaired) electrons. The van der Waals surface area contributed by atoms with Gasteiger partial charge in [0, 0.05) is 41.2 Å². The fraction of sp³-hybridized carbons (Fsp3) is 0.394. The lowest BCUT2D eigenvalue weighted by Crippen LogP contribution is -2.32. The topological polar surface area (TPSA) is 177 Å².